The first kappa shape index (κ1) is 11.3. The molecule has 2 aromatic rings. The molecule has 0 amide bonds. The zero-order valence-corrected chi connectivity index (χ0v) is 10.7. The van der Waals surface area contributed by atoms with Gasteiger partial charge in [0.2, 0.25) is 5.95 Å². The van der Waals surface area contributed by atoms with Gasteiger partial charge in [-0.1, -0.05) is 12.8 Å². The average Bonchev–Trinajstić information content (AvgIpc) is 3.08. The van der Waals surface area contributed by atoms with Crippen LogP contribution in [0.3, 0.4) is 0 Å². The summed E-state index contributed by atoms with van der Waals surface area (Å²) < 4.78 is 2.31. The average molecular weight is 245 g/mol. The van der Waals surface area contributed by atoms with Crippen molar-refractivity contribution >= 4 is 5.95 Å². The molecule has 18 heavy (non-hydrogen) atoms. The number of anilines is 1. The van der Waals surface area contributed by atoms with Crippen LogP contribution >= 0.6 is 0 Å². The minimum atomic E-state index is 0.623. The highest BCUT2D eigenvalue weighted by Crippen LogP contribution is 2.32. The number of nitrogens with zero attached hydrogens (tertiary/aromatic N) is 3. The van der Waals surface area contributed by atoms with Crippen LogP contribution in [-0.4, -0.2) is 19.7 Å². The van der Waals surface area contributed by atoms with Gasteiger partial charge >= 0.3 is 0 Å². The Balaban J connectivity index is 1.74. The molecule has 0 spiro atoms. The highest BCUT2D eigenvalue weighted by atomic mass is 15.2. The number of imidazole rings is 1. The van der Waals surface area contributed by atoms with Gasteiger partial charge in [-0.05, 0) is 19.8 Å². The lowest BCUT2D eigenvalue weighted by atomic mass is 10.2. The number of aryl methyl sites for hydroxylation is 1. The Bertz CT molecular complexity index is 493. The Kier molecular flexibility index (Phi) is 3.04. The van der Waals surface area contributed by atoms with Crippen molar-refractivity contribution in [2.24, 2.45) is 0 Å². The summed E-state index contributed by atoms with van der Waals surface area (Å²) in [4.78, 5) is 4.58. The van der Waals surface area contributed by atoms with Crippen molar-refractivity contribution in [2.45, 2.75) is 45.2 Å². The van der Waals surface area contributed by atoms with Crippen LogP contribution in [0.2, 0.25) is 0 Å². The predicted octanol–water partition coefficient (Wildman–Crippen LogP) is 2.64. The molecule has 5 heteroatoms. The topological polar surface area (TPSA) is 58.5 Å². The molecule has 1 aliphatic rings. The van der Waals surface area contributed by atoms with E-state index in [2.05, 4.69) is 38.2 Å². The molecule has 0 unspecified atom stereocenters. The van der Waals surface area contributed by atoms with Crippen LogP contribution in [0.25, 0.3) is 0 Å². The van der Waals surface area contributed by atoms with Crippen molar-refractivity contribution in [1.29, 1.82) is 0 Å². The van der Waals surface area contributed by atoms with Gasteiger partial charge in [0.1, 0.15) is 0 Å². The second-order valence-corrected chi connectivity index (χ2v) is 5.01. The Labute approximate surface area is 107 Å². The molecule has 2 N–H and O–H groups in total. The van der Waals surface area contributed by atoms with Crippen molar-refractivity contribution in [2.75, 3.05) is 5.32 Å². The van der Waals surface area contributed by atoms with Crippen molar-refractivity contribution < 1.29 is 0 Å². The summed E-state index contributed by atoms with van der Waals surface area (Å²) in [5.41, 5.74) is 2.23. The standard InChI is InChI=1S/C13H19N5/c1-10-9-18(12-4-2-3-5-12)13(17-10)14-6-11-7-15-16-8-11/h7-9,12H,2-6H2,1H3,(H,14,17)(H,15,16). The summed E-state index contributed by atoms with van der Waals surface area (Å²) in [7, 11) is 0. The molecule has 2 aromatic heterocycles. The predicted molar refractivity (Wildman–Crippen MR) is 70.4 cm³/mol. The molecule has 3 rings (SSSR count). The van der Waals surface area contributed by atoms with E-state index in [0.717, 1.165) is 23.8 Å². The molecule has 5 nitrogen and oxygen atoms in total. The van der Waals surface area contributed by atoms with Crippen molar-refractivity contribution in [3.8, 4) is 0 Å². The Morgan fingerprint density at radius 2 is 2.28 bits per heavy atom. The lowest BCUT2D eigenvalue weighted by Gasteiger charge is -2.15. The molecule has 0 saturated heterocycles. The fraction of sp³-hybridized carbons (Fsp3) is 0.538. The van der Waals surface area contributed by atoms with E-state index in [1.54, 1.807) is 0 Å². The number of H-pyrrole nitrogens is 1. The van der Waals surface area contributed by atoms with Gasteiger partial charge in [-0.3, -0.25) is 5.10 Å². The van der Waals surface area contributed by atoms with Crippen molar-refractivity contribution in [1.82, 2.24) is 19.7 Å². The zero-order valence-electron chi connectivity index (χ0n) is 10.7. The number of rotatable bonds is 4. The van der Waals surface area contributed by atoms with Gasteiger partial charge < -0.3 is 9.88 Å². The summed E-state index contributed by atoms with van der Waals surface area (Å²) in [6.45, 7) is 2.81. The van der Waals surface area contributed by atoms with Crippen LogP contribution in [0.4, 0.5) is 5.95 Å². The summed E-state index contributed by atoms with van der Waals surface area (Å²) in [5, 5.41) is 10.2. The first-order valence-corrected chi connectivity index (χ1v) is 6.60. The van der Waals surface area contributed by atoms with E-state index in [0.29, 0.717) is 6.04 Å². The highest BCUT2D eigenvalue weighted by Gasteiger charge is 2.19. The number of aromatic nitrogens is 4. The van der Waals surface area contributed by atoms with Crippen LogP contribution < -0.4 is 5.32 Å². The Hall–Kier alpha value is -1.78. The van der Waals surface area contributed by atoms with Crippen molar-refractivity contribution in [3.63, 3.8) is 0 Å². The molecule has 1 aliphatic carbocycles. The molecule has 96 valence electrons. The molecule has 0 bridgehead atoms. The smallest absolute Gasteiger partial charge is 0.203 e. The fourth-order valence-corrected chi connectivity index (χ4v) is 2.66. The molecule has 1 saturated carbocycles. The molecule has 0 aromatic carbocycles. The second-order valence-electron chi connectivity index (χ2n) is 5.01. The Morgan fingerprint density at radius 1 is 1.44 bits per heavy atom. The summed E-state index contributed by atoms with van der Waals surface area (Å²) >= 11 is 0. The third-order valence-corrected chi connectivity index (χ3v) is 3.58. The van der Waals surface area contributed by atoms with Gasteiger partial charge in [0, 0.05) is 30.5 Å². The van der Waals surface area contributed by atoms with Crippen LogP contribution in [0.5, 0.6) is 0 Å². The SMILES string of the molecule is Cc1cn(C2CCCC2)c(NCc2cn[nH]c2)n1. The van der Waals surface area contributed by atoms with Crippen LogP contribution in [0.15, 0.2) is 18.6 Å². The van der Waals surface area contributed by atoms with E-state index >= 15 is 0 Å². The quantitative estimate of drug-likeness (QED) is 0.870. The van der Waals surface area contributed by atoms with Crippen LogP contribution in [-0.2, 0) is 6.54 Å². The monoisotopic (exact) mass is 245 g/mol. The summed E-state index contributed by atoms with van der Waals surface area (Å²) in [5.74, 6) is 0.987. The van der Waals surface area contributed by atoms with Gasteiger partial charge in [0.25, 0.3) is 0 Å². The molecule has 2 heterocycles. The highest BCUT2D eigenvalue weighted by molar-refractivity contribution is 5.31. The van der Waals surface area contributed by atoms with Gasteiger partial charge in [0.05, 0.1) is 11.9 Å². The van der Waals surface area contributed by atoms with Gasteiger partial charge in [-0.2, -0.15) is 5.10 Å². The molecule has 1 fully saturated rings. The van der Waals surface area contributed by atoms with Gasteiger partial charge in [0.15, 0.2) is 0 Å². The molecular formula is C13H19N5. The van der Waals surface area contributed by atoms with Gasteiger partial charge in [-0.25, -0.2) is 4.98 Å². The number of hydrogen-bond donors (Lipinski definition) is 2. The maximum atomic E-state index is 4.58. The molecule has 0 aliphatic heterocycles. The van der Waals surface area contributed by atoms with Crippen LogP contribution in [0, 0.1) is 6.92 Å². The number of nitrogens with one attached hydrogen (secondary N) is 2. The van der Waals surface area contributed by atoms with Crippen LogP contribution in [0.1, 0.15) is 43.0 Å². The molecular weight excluding hydrogens is 226 g/mol. The molecule has 0 radical (unpaired) electrons. The molecule has 0 atom stereocenters. The van der Waals surface area contributed by atoms with E-state index in [1.165, 1.54) is 25.7 Å². The zero-order chi connectivity index (χ0) is 12.4. The first-order valence-electron chi connectivity index (χ1n) is 6.60. The van der Waals surface area contributed by atoms with Gasteiger partial charge in [-0.15, -0.1) is 0 Å². The van der Waals surface area contributed by atoms with E-state index in [9.17, 15) is 0 Å². The number of hydrogen-bond acceptors (Lipinski definition) is 3. The second kappa shape index (κ2) is 4.84. The summed E-state index contributed by atoms with van der Waals surface area (Å²) in [6, 6.07) is 0.623. The Morgan fingerprint density at radius 3 is 3.00 bits per heavy atom. The van der Waals surface area contributed by atoms with E-state index in [4.69, 9.17) is 0 Å². The maximum absolute atomic E-state index is 4.58. The maximum Gasteiger partial charge on any atom is 0.203 e. The lowest BCUT2D eigenvalue weighted by Crippen LogP contribution is -2.10. The largest absolute Gasteiger partial charge is 0.351 e. The number of aromatic amines is 1. The minimum absolute atomic E-state index is 0.623. The normalized spacial score (nSPS) is 16.3. The summed E-state index contributed by atoms with van der Waals surface area (Å²) in [6.07, 6.45) is 11.1. The third kappa shape index (κ3) is 2.25. The minimum Gasteiger partial charge on any atom is -0.351 e. The van der Waals surface area contributed by atoms with E-state index in [-0.39, 0.29) is 0 Å². The lowest BCUT2D eigenvalue weighted by molar-refractivity contribution is 0.522. The first-order chi connectivity index (χ1) is 8.83. The fourth-order valence-electron chi connectivity index (χ4n) is 2.66. The third-order valence-electron chi connectivity index (χ3n) is 3.58. The van der Waals surface area contributed by atoms with Crippen molar-refractivity contribution in [3.05, 3.63) is 29.8 Å². The van der Waals surface area contributed by atoms with E-state index in [1.807, 2.05) is 12.4 Å². The van der Waals surface area contributed by atoms with E-state index < -0.39 is 0 Å².